The van der Waals surface area contributed by atoms with Crippen molar-refractivity contribution in [1.82, 2.24) is 4.90 Å². The van der Waals surface area contributed by atoms with Crippen LogP contribution in [0.5, 0.6) is 0 Å². The summed E-state index contributed by atoms with van der Waals surface area (Å²) in [6.07, 6.45) is 0.615. The van der Waals surface area contributed by atoms with E-state index in [0.717, 1.165) is 4.90 Å². The van der Waals surface area contributed by atoms with Crippen LogP contribution in [0.1, 0.15) is 23.7 Å². The minimum atomic E-state index is -1.11. The number of hydrogen-bond donors (Lipinski definition) is 1. The third-order valence-electron chi connectivity index (χ3n) is 2.28. The summed E-state index contributed by atoms with van der Waals surface area (Å²) < 4.78 is 14.1. The zero-order chi connectivity index (χ0) is 13.7. The van der Waals surface area contributed by atoms with E-state index in [4.69, 9.17) is 5.11 Å². The Balaban J connectivity index is 3.05. The van der Waals surface area contributed by atoms with Gasteiger partial charge in [0.15, 0.2) is 0 Å². The highest BCUT2D eigenvalue weighted by Gasteiger charge is 2.22. The summed E-state index contributed by atoms with van der Waals surface area (Å²) >= 11 is 1.86. The molecular weight excluding hydrogens is 352 g/mol. The highest BCUT2D eigenvalue weighted by molar-refractivity contribution is 14.1. The van der Waals surface area contributed by atoms with Crippen LogP contribution in [0.4, 0.5) is 4.39 Å². The third-order valence-corrected chi connectivity index (χ3v) is 3.18. The molecule has 0 spiro atoms. The van der Waals surface area contributed by atoms with Gasteiger partial charge in [-0.2, -0.15) is 0 Å². The van der Waals surface area contributed by atoms with Crippen LogP contribution in [-0.4, -0.2) is 35.0 Å². The second-order valence-electron chi connectivity index (χ2n) is 3.72. The Morgan fingerprint density at radius 1 is 1.44 bits per heavy atom. The van der Waals surface area contributed by atoms with Gasteiger partial charge in [-0.15, -0.1) is 0 Å². The molecule has 0 saturated heterocycles. The largest absolute Gasteiger partial charge is 0.480 e. The van der Waals surface area contributed by atoms with E-state index in [9.17, 15) is 14.0 Å². The van der Waals surface area contributed by atoms with Gasteiger partial charge in [0.05, 0.1) is 5.56 Å². The maximum absolute atomic E-state index is 13.6. The normalized spacial score (nSPS) is 10.2. The van der Waals surface area contributed by atoms with Crippen LogP contribution in [0, 0.1) is 9.39 Å². The first kappa shape index (κ1) is 14.9. The van der Waals surface area contributed by atoms with Gasteiger partial charge in [0, 0.05) is 10.1 Å². The van der Waals surface area contributed by atoms with E-state index in [2.05, 4.69) is 0 Å². The molecule has 1 amide bonds. The predicted octanol–water partition coefficient (Wildman–Crippen LogP) is 2.37. The van der Waals surface area contributed by atoms with Gasteiger partial charge in [0.1, 0.15) is 12.4 Å². The maximum atomic E-state index is 13.6. The molecule has 0 aliphatic heterocycles. The lowest BCUT2D eigenvalue weighted by molar-refractivity contribution is -0.137. The van der Waals surface area contributed by atoms with E-state index in [1.54, 1.807) is 6.07 Å². The van der Waals surface area contributed by atoms with Crippen LogP contribution in [0.3, 0.4) is 0 Å². The maximum Gasteiger partial charge on any atom is 0.323 e. The summed E-state index contributed by atoms with van der Waals surface area (Å²) in [5.74, 6) is -2.32. The minimum absolute atomic E-state index is 0.0622. The number of aliphatic carboxylic acids is 1. The molecule has 0 aliphatic carbocycles. The highest BCUT2D eigenvalue weighted by atomic mass is 127. The molecule has 0 aliphatic rings. The Hall–Kier alpha value is -1.18. The van der Waals surface area contributed by atoms with Crippen molar-refractivity contribution in [1.29, 1.82) is 0 Å². The fourth-order valence-corrected chi connectivity index (χ4v) is 2.24. The first-order valence-corrected chi connectivity index (χ1v) is 6.50. The van der Waals surface area contributed by atoms with E-state index in [0.29, 0.717) is 9.99 Å². The first-order chi connectivity index (χ1) is 8.47. The van der Waals surface area contributed by atoms with Gasteiger partial charge < -0.3 is 10.0 Å². The highest BCUT2D eigenvalue weighted by Crippen LogP contribution is 2.18. The summed E-state index contributed by atoms with van der Waals surface area (Å²) in [5, 5.41) is 8.76. The summed E-state index contributed by atoms with van der Waals surface area (Å²) in [6.45, 7) is 1.70. The molecule has 4 nitrogen and oxygen atoms in total. The number of rotatable bonds is 5. The molecule has 1 aromatic rings. The molecule has 0 unspecified atom stereocenters. The first-order valence-electron chi connectivity index (χ1n) is 5.42. The van der Waals surface area contributed by atoms with Gasteiger partial charge in [-0.25, -0.2) is 4.39 Å². The van der Waals surface area contributed by atoms with Gasteiger partial charge in [-0.3, -0.25) is 9.59 Å². The van der Waals surface area contributed by atoms with Crippen molar-refractivity contribution in [3.8, 4) is 0 Å². The molecule has 0 aromatic heterocycles. The van der Waals surface area contributed by atoms with Crippen LogP contribution in [-0.2, 0) is 4.79 Å². The molecule has 1 N–H and O–H groups in total. The second-order valence-corrected chi connectivity index (χ2v) is 4.88. The Kier molecular flexibility index (Phi) is 5.52. The molecule has 0 fully saturated rings. The molecule has 0 atom stereocenters. The van der Waals surface area contributed by atoms with Crippen molar-refractivity contribution in [3.05, 3.63) is 33.1 Å². The number of halogens is 2. The zero-order valence-corrected chi connectivity index (χ0v) is 12.0. The summed E-state index contributed by atoms with van der Waals surface area (Å²) in [4.78, 5) is 24.0. The van der Waals surface area contributed by atoms with Crippen molar-refractivity contribution in [2.75, 3.05) is 13.1 Å². The number of carbonyl (C=O) groups is 2. The van der Waals surface area contributed by atoms with E-state index < -0.39 is 24.2 Å². The molecule has 0 saturated carbocycles. The molecule has 18 heavy (non-hydrogen) atoms. The fraction of sp³-hybridized carbons (Fsp3) is 0.333. The van der Waals surface area contributed by atoms with E-state index >= 15 is 0 Å². The lowest BCUT2D eigenvalue weighted by Gasteiger charge is -2.20. The van der Waals surface area contributed by atoms with Crippen molar-refractivity contribution < 1.29 is 19.1 Å². The SMILES string of the molecule is CCCN(CC(=O)O)C(=O)c1c(F)cccc1I. The lowest BCUT2D eigenvalue weighted by Crippen LogP contribution is -2.37. The zero-order valence-electron chi connectivity index (χ0n) is 9.82. The molecule has 1 aromatic carbocycles. The van der Waals surface area contributed by atoms with Crippen molar-refractivity contribution in [2.24, 2.45) is 0 Å². The Morgan fingerprint density at radius 2 is 2.11 bits per heavy atom. The number of nitrogens with zero attached hydrogens (tertiary/aromatic N) is 1. The van der Waals surface area contributed by atoms with Crippen molar-refractivity contribution in [3.63, 3.8) is 0 Å². The average molecular weight is 365 g/mol. The molecular formula is C12H13FINO3. The number of amides is 1. The smallest absolute Gasteiger partial charge is 0.323 e. The molecule has 1 rings (SSSR count). The van der Waals surface area contributed by atoms with Crippen LogP contribution in [0.25, 0.3) is 0 Å². The average Bonchev–Trinajstić information content (AvgIpc) is 2.27. The number of carboxylic acids is 1. The van der Waals surface area contributed by atoms with Crippen LogP contribution < -0.4 is 0 Å². The molecule has 6 heteroatoms. The topological polar surface area (TPSA) is 57.6 Å². The standard InChI is InChI=1S/C12H13FINO3/c1-2-6-15(7-10(16)17)12(18)11-8(13)4-3-5-9(11)14/h3-5H,2,6-7H2,1H3,(H,16,17). The summed E-state index contributed by atoms with van der Waals surface area (Å²) in [7, 11) is 0. The van der Waals surface area contributed by atoms with Crippen LogP contribution >= 0.6 is 22.6 Å². The van der Waals surface area contributed by atoms with Crippen molar-refractivity contribution in [2.45, 2.75) is 13.3 Å². The summed E-state index contributed by atoms with van der Waals surface area (Å²) in [5.41, 5.74) is -0.0622. The van der Waals surface area contributed by atoms with Gasteiger partial charge in [-0.05, 0) is 41.1 Å². The van der Waals surface area contributed by atoms with Gasteiger partial charge in [-0.1, -0.05) is 13.0 Å². The third kappa shape index (κ3) is 3.66. The Labute approximate surface area is 118 Å². The number of carbonyl (C=O) groups excluding carboxylic acids is 1. The van der Waals surface area contributed by atoms with Crippen molar-refractivity contribution >= 4 is 34.5 Å². The quantitative estimate of drug-likeness (QED) is 0.816. The van der Waals surface area contributed by atoms with E-state index in [1.807, 2.05) is 29.5 Å². The molecule has 0 bridgehead atoms. The van der Waals surface area contributed by atoms with Gasteiger partial charge in [0.25, 0.3) is 5.91 Å². The van der Waals surface area contributed by atoms with Gasteiger partial charge in [0.2, 0.25) is 0 Å². The fourth-order valence-electron chi connectivity index (χ4n) is 1.55. The monoisotopic (exact) mass is 365 g/mol. The number of hydrogen-bond acceptors (Lipinski definition) is 2. The Bertz CT molecular complexity index is 444. The Morgan fingerprint density at radius 3 is 2.61 bits per heavy atom. The lowest BCUT2D eigenvalue weighted by atomic mass is 10.2. The molecule has 98 valence electrons. The molecule has 0 radical (unpaired) electrons. The van der Waals surface area contributed by atoms with E-state index in [-0.39, 0.29) is 12.1 Å². The minimum Gasteiger partial charge on any atom is -0.480 e. The van der Waals surface area contributed by atoms with Crippen LogP contribution in [0.2, 0.25) is 0 Å². The van der Waals surface area contributed by atoms with Gasteiger partial charge >= 0.3 is 5.97 Å². The predicted molar refractivity (Wildman–Crippen MR) is 72.9 cm³/mol. The number of carboxylic acid groups (broad SMARTS) is 1. The molecule has 0 heterocycles. The number of benzene rings is 1. The second kappa shape index (κ2) is 6.67. The van der Waals surface area contributed by atoms with E-state index in [1.165, 1.54) is 12.1 Å². The van der Waals surface area contributed by atoms with Crippen LogP contribution in [0.15, 0.2) is 18.2 Å². The summed E-state index contributed by atoms with van der Waals surface area (Å²) in [6, 6.07) is 4.32.